The number of nitrogens with one attached hydrogen (secondary N) is 4. The van der Waals surface area contributed by atoms with Crippen molar-refractivity contribution in [1.82, 2.24) is 20.5 Å². The Kier molecular flexibility index (Phi) is 6.71. The average molecular weight is 424 g/mol. The molecule has 0 spiro atoms. The minimum absolute atomic E-state index is 0.00394. The van der Waals surface area contributed by atoms with E-state index in [-0.39, 0.29) is 18.0 Å². The number of methoxy groups -OCH3 is 2. The molecular formula is C21H24N6O4. The molecule has 3 aromatic rings. The number of carbonyl (C=O) groups excluding carboxylic acids is 2. The summed E-state index contributed by atoms with van der Waals surface area (Å²) in [4.78, 5) is 28.8. The van der Waals surface area contributed by atoms with Crippen molar-refractivity contribution in [3.63, 3.8) is 0 Å². The normalized spacial score (nSPS) is 10.5. The summed E-state index contributed by atoms with van der Waals surface area (Å²) in [6.07, 6.45) is 0. The fraction of sp³-hybridized carbons (Fsp3) is 0.238. The summed E-state index contributed by atoms with van der Waals surface area (Å²) in [7, 11) is 3.11. The van der Waals surface area contributed by atoms with Gasteiger partial charge in [0.15, 0.2) is 5.82 Å². The van der Waals surface area contributed by atoms with Gasteiger partial charge in [-0.3, -0.25) is 15.2 Å². The molecule has 0 aliphatic rings. The molecule has 0 aliphatic carbocycles. The van der Waals surface area contributed by atoms with Crippen molar-refractivity contribution in [1.29, 1.82) is 0 Å². The summed E-state index contributed by atoms with van der Waals surface area (Å²) in [5.74, 6) is 1.31. The highest BCUT2D eigenvalue weighted by molar-refractivity contribution is 6.04. The van der Waals surface area contributed by atoms with Crippen molar-refractivity contribution < 1.29 is 19.1 Å². The first-order chi connectivity index (χ1) is 14.9. The third-order valence-corrected chi connectivity index (χ3v) is 4.18. The highest BCUT2D eigenvalue weighted by Crippen LogP contribution is 2.31. The zero-order valence-corrected chi connectivity index (χ0v) is 17.6. The first-order valence-corrected chi connectivity index (χ1v) is 9.53. The molecule has 1 heterocycles. The van der Waals surface area contributed by atoms with Crippen molar-refractivity contribution in [3.05, 3.63) is 48.0 Å². The third kappa shape index (κ3) is 5.50. The Labute approximate surface area is 179 Å². The lowest BCUT2D eigenvalue weighted by atomic mass is 10.2. The molecule has 0 saturated heterocycles. The Bertz CT molecular complexity index is 1080. The van der Waals surface area contributed by atoms with E-state index in [0.717, 1.165) is 0 Å². The van der Waals surface area contributed by atoms with Crippen molar-refractivity contribution in [3.8, 4) is 22.9 Å². The zero-order chi connectivity index (χ0) is 22.4. The molecule has 162 valence electrons. The summed E-state index contributed by atoms with van der Waals surface area (Å²) in [5.41, 5.74) is 1.50. The second-order valence-electron chi connectivity index (χ2n) is 6.86. The molecule has 0 fully saturated rings. The van der Waals surface area contributed by atoms with Gasteiger partial charge in [-0.05, 0) is 44.2 Å². The molecular weight excluding hydrogens is 400 g/mol. The number of carbonyl (C=O) groups is 2. The predicted octanol–water partition coefficient (Wildman–Crippen LogP) is 3.27. The quantitative estimate of drug-likeness (QED) is 0.460. The molecule has 3 rings (SSSR count). The van der Waals surface area contributed by atoms with Gasteiger partial charge in [-0.25, -0.2) is 4.79 Å². The smallest absolute Gasteiger partial charge is 0.319 e. The Morgan fingerprint density at radius 1 is 1.03 bits per heavy atom. The second-order valence-corrected chi connectivity index (χ2v) is 6.86. The van der Waals surface area contributed by atoms with Crippen LogP contribution in [0.5, 0.6) is 11.5 Å². The Morgan fingerprint density at radius 2 is 1.84 bits per heavy atom. The maximum Gasteiger partial charge on any atom is 0.319 e. The van der Waals surface area contributed by atoms with Gasteiger partial charge in [0.2, 0.25) is 5.95 Å². The maximum absolute atomic E-state index is 12.6. The molecule has 0 bridgehead atoms. The number of rotatable bonds is 7. The van der Waals surface area contributed by atoms with E-state index in [1.165, 1.54) is 0 Å². The maximum atomic E-state index is 12.6. The number of aromatic amines is 1. The summed E-state index contributed by atoms with van der Waals surface area (Å²) >= 11 is 0. The van der Waals surface area contributed by atoms with Crippen LogP contribution in [0.25, 0.3) is 11.4 Å². The number of hydrogen-bond acceptors (Lipinski definition) is 6. The second kappa shape index (κ2) is 9.61. The Hall–Kier alpha value is -4.08. The summed E-state index contributed by atoms with van der Waals surface area (Å²) in [6.45, 7) is 3.71. The van der Waals surface area contributed by atoms with Crippen LogP contribution in [0.1, 0.15) is 24.2 Å². The average Bonchev–Trinajstić information content (AvgIpc) is 3.20. The van der Waals surface area contributed by atoms with E-state index in [1.807, 2.05) is 13.8 Å². The summed E-state index contributed by atoms with van der Waals surface area (Å²) < 4.78 is 10.6. The molecule has 0 unspecified atom stereocenters. The van der Waals surface area contributed by atoms with Gasteiger partial charge in [0.25, 0.3) is 5.91 Å². The van der Waals surface area contributed by atoms with Crippen LogP contribution in [0.3, 0.4) is 0 Å². The van der Waals surface area contributed by atoms with Crippen LogP contribution in [0.2, 0.25) is 0 Å². The fourth-order valence-electron chi connectivity index (χ4n) is 2.77. The van der Waals surface area contributed by atoms with Crippen molar-refractivity contribution >= 4 is 23.6 Å². The Balaban J connectivity index is 1.72. The SMILES string of the molecule is COc1ccc(-c2nc(NC(=O)c3cccc(NC(=O)NC(C)C)c3)n[nH]2)c(OC)c1. The lowest BCUT2D eigenvalue weighted by Gasteiger charge is -2.10. The molecule has 3 amide bonds. The highest BCUT2D eigenvalue weighted by atomic mass is 16.5. The van der Waals surface area contributed by atoms with Gasteiger partial charge < -0.3 is 20.1 Å². The number of H-pyrrole nitrogens is 1. The van der Waals surface area contributed by atoms with Gasteiger partial charge in [0, 0.05) is 23.4 Å². The number of amides is 3. The molecule has 31 heavy (non-hydrogen) atoms. The van der Waals surface area contributed by atoms with Crippen molar-refractivity contribution in [2.75, 3.05) is 24.9 Å². The number of benzene rings is 2. The van der Waals surface area contributed by atoms with Gasteiger partial charge >= 0.3 is 6.03 Å². The number of nitrogens with zero attached hydrogens (tertiary/aromatic N) is 2. The molecule has 2 aromatic carbocycles. The van der Waals surface area contributed by atoms with Crippen molar-refractivity contribution in [2.45, 2.75) is 19.9 Å². The number of anilines is 2. The fourth-order valence-corrected chi connectivity index (χ4v) is 2.77. The van der Waals surface area contributed by atoms with Crippen LogP contribution >= 0.6 is 0 Å². The van der Waals surface area contributed by atoms with Gasteiger partial charge in [-0.2, -0.15) is 4.98 Å². The number of hydrogen-bond donors (Lipinski definition) is 4. The van der Waals surface area contributed by atoms with E-state index in [1.54, 1.807) is 56.7 Å². The van der Waals surface area contributed by atoms with E-state index in [9.17, 15) is 9.59 Å². The van der Waals surface area contributed by atoms with E-state index >= 15 is 0 Å². The minimum Gasteiger partial charge on any atom is -0.497 e. The van der Waals surface area contributed by atoms with Crippen LogP contribution in [0.15, 0.2) is 42.5 Å². The first-order valence-electron chi connectivity index (χ1n) is 9.53. The molecule has 0 aliphatic heterocycles. The molecule has 0 saturated carbocycles. The Morgan fingerprint density at radius 3 is 2.55 bits per heavy atom. The summed E-state index contributed by atoms with van der Waals surface area (Å²) in [6, 6.07) is 11.5. The molecule has 0 atom stereocenters. The van der Waals surface area contributed by atoms with Crippen LogP contribution in [0, 0.1) is 0 Å². The van der Waals surface area contributed by atoms with E-state index < -0.39 is 5.91 Å². The third-order valence-electron chi connectivity index (χ3n) is 4.18. The van der Waals surface area contributed by atoms with Gasteiger partial charge in [-0.1, -0.05) is 6.07 Å². The molecule has 1 aromatic heterocycles. The van der Waals surface area contributed by atoms with Crippen LogP contribution < -0.4 is 25.4 Å². The van der Waals surface area contributed by atoms with Gasteiger partial charge in [0.05, 0.1) is 19.8 Å². The van der Waals surface area contributed by atoms with Gasteiger partial charge in [-0.15, -0.1) is 5.10 Å². The zero-order valence-electron chi connectivity index (χ0n) is 17.6. The largest absolute Gasteiger partial charge is 0.497 e. The van der Waals surface area contributed by atoms with E-state index in [4.69, 9.17) is 9.47 Å². The summed E-state index contributed by atoms with van der Waals surface area (Å²) in [5, 5.41) is 14.9. The number of aromatic nitrogens is 3. The minimum atomic E-state index is -0.417. The standard InChI is InChI=1S/C21H24N6O4/c1-12(2)22-21(29)23-14-7-5-6-13(10-14)19(28)25-20-24-18(26-27-20)16-9-8-15(30-3)11-17(16)31-4/h5-12H,1-4H3,(H2,22,23,29)(H2,24,25,26,27,28). The first kappa shape index (κ1) is 21.6. The molecule has 0 radical (unpaired) electrons. The van der Waals surface area contributed by atoms with Crippen molar-refractivity contribution in [2.24, 2.45) is 0 Å². The highest BCUT2D eigenvalue weighted by Gasteiger charge is 2.15. The lowest BCUT2D eigenvalue weighted by molar-refractivity contribution is 0.102. The van der Waals surface area contributed by atoms with Gasteiger partial charge in [0.1, 0.15) is 11.5 Å². The predicted molar refractivity (Wildman–Crippen MR) is 117 cm³/mol. The van der Waals surface area contributed by atoms with E-state index in [2.05, 4.69) is 31.1 Å². The lowest BCUT2D eigenvalue weighted by Crippen LogP contribution is -2.34. The molecule has 10 nitrogen and oxygen atoms in total. The number of ether oxygens (including phenoxy) is 2. The topological polar surface area (TPSA) is 130 Å². The number of urea groups is 1. The molecule has 4 N–H and O–H groups in total. The monoisotopic (exact) mass is 424 g/mol. The van der Waals surface area contributed by atoms with E-state index in [0.29, 0.717) is 34.1 Å². The van der Waals surface area contributed by atoms with Crippen LogP contribution in [0.4, 0.5) is 16.4 Å². The van der Waals surface area contributed by atoms with Crippen LogP contribution in [-0.2, 0) is 0 Å². The molecule has 10 heteroatoms. The van der Waals surface area contributed by atoms with Crippen LogP contribution in [-0.4, -0.2) is 47.4 Å².